The SMILES string of the molecule is CC(Sc1nnc(-c2ccccc2)o1)C(=O)Nc1ccc(OCc2ccccc2)cc1. The van der Waals surface area contributed by atoms with Gasteiger partial charge >= 0.3 is 0 Å². The fraction of sp³-hybridized carbons (Fsp3) is 0.125. The van der Waals surface area contributed by atoms with Crippen LogP contribution in [0.4, 0.5) is 5.69 Å². The molecule has 3 aromatic carbocycles. The van der Waals surface area contributed by atoms with E-state index in [1.54, 1.807) is 6.92 Å². The van der Waals surface area contributed by atoms with Crippen molar-refractivity contribution in [3.63, 3.8) is 0 Å². The lowest BCUT2D eigenvalue weighted by Crippen LogP contribution is -2.22. The molecule has 0 saturated carbocycles. The third kappa shape index (κ3) is 5.73. The van der Waals surface area contributed by atoms with Crippen molar-refractivity contribution in [2.24, 2.45) is 0 Å². The van der Waals surface area contributed by atoms with E-state index in [1.165, 1.54) is 11.8 Å². The molecule has 4 aromatic rings. The van der Waals surface area contributed by atoms with Gasteiger partial charge in [-0.3, -0.25) is 4.79 Å². The standard InChI is InChI=1S/C24H21N3O3S/c1-17(31-24-27-26-23(30-24)19-10-6-3-7-11-19)22(28)25-20-12-14-21(15-13-20)29-16-18-8-4-2-5-9-18/h2-15,17H,16H2,1H3,(H,25,28). The highest BCUT2D eigenvalue weighted by Gasteiger charge is 2.19. The number of nitrogens with zero attached hydrogens (tertiary/aromatic N) is 2. The number of rotatable bonds is 8. The van der Waals surface area contributed by atoms with Gasteiger partial charge in [-0.15, -0.1) is 10.2 Å². The van der Waals surface area contributed by atoms with E-state index in [0.29, 0.717) is 23.4 Å². The number of hydrogen-bond donors (Lipinski definition) is 1. The molecule has 7 heteroatoms. The Balaban J connectivity index is 1.29. The lowest BCUT2D eigenvalue weighted by atomic mass is 10.2. The quantitative estimate of drug-likeness (QED) is 0.375. The summed E-state index contributed by atoms with van der Waals surface area (Å²) < 4.78 is 11.4. The van der Waals surface area contributed by atoms with Gasteiger partial charge in [-0.25, -0.2) is 0 Å². The second kappa shape index (κ2) is 9.95. The van der Waals surface area contributed by atoms with Gasteiger partial charge in [-0.05, 0) is 48.9 Å². The number of nitrogens with one attached hydrogen (secondary N) is 1. The average molecular weight is 432 g/mol. The molecule has 1 heterocycles. The molecule has 4 rings (SSSR count). The fourth-order valence-corrected chi connectivity index (χ4v) is 3.46. The number of aromatic nitrogens is 2. The van der Waals surface area contributed by atoms with Crippen LogP contribution in [-0.4, -0.2) is 21.4 Å². The first kappa shape index (κ1) is 20.7. The van der Waals surface area contributed by atoms with Crippen molar-refractivity contribution >= 4 is 23.4 Å². The van der Waals surface area contributed by atoms with Crippen LogP contribution < -0.4 is 10.1 Å². The van der Waals surface area contributed by atoms with E-state index in [9.17, 15) is 4.79 Å². The molecule has 0 spiro atoms. The van der Waals surface area contributed by atoms with Gasteiger partial charge in [0.15, 0.2) is 0 Å². The molecule has 0 fully saturated rings. The van der Waals surface area contributed by atoms with Crippen LogP contribution in [0.15, 0.2) is 94.6 Å². The summed E-state index contributed by atoms with van der Waals surface area (Å²) in [5.41, 5.74) is 2.63. The number of hydrogen-bond acceptors (Lipinski definition) is 6. The molecule has 0 aliphatic carbocycles. The van der Waals surface area contributed by atoms with Gasteiger partial charge in [-0.1, -0.05) is 60.3 Å². The number of anilines is 1. The van der Waals surface area contributed by atoms with E-state index in [4.69, 9.17) is 9.15 Å². The number of carbonyl (C=O) groups excluding carboxylic acids is 1. The maximum Gasteiger partial charge on any atom is 0.277 e. The molecule has 1 N–H and O–H groups in total. The molecule has 0 bridgehead atoms. The van der Waals surface area contributed by atoms with Crippen molar-refractivity contribution in [3.8, 4) is 17.2 Å². The number of thioether (sulfide) groups is 1. The summed E-state index contributed by atoms with van der Waals surface area (Å²) in [6.45, 7) is 2.29. The maximum atomic E-state index is 12.5. The molecule has 0 saturated heterocycles. The molecule has 1 unspecified atom stereocenters. The van der Waals surface area contributed by atoms with E-state index in [1.807, 2.05) is 84.9 Å². The van der Waals surface area contributed by atoms with E-state index in [0.717, 1.165) is 16.9 Å². The van der Waals surface area contributed by atoms with Gasteiger partial charge in [0.2, 0.25) is 11.8 Å². The van der Waals surface area contributed by atoms with E-state index >= 15 is 0 Å². The summed E-state index contributed by atoms with van der Waals surface area (Å²) in [5.74, 6) is 1.02. The van der Waals surface area contributed by atoms with Gasteiger partial charge in [0, 0.05) is 11.3 Å². The zero-order valence-corrected chi connectivity index (χ0v) is 17.7. The predicted octanol–water partition coefficient (Wildman–Crippen LogP) is 5.43. The van der Waals surface area contributed by atoms with Crippen LogP contribution in [0.25, 0.3) is 11.5 Å². The summed E-state index contributed by atoms with van der Waals surface area (Å²) >= 11 is 1.22. The second-order valence-electron chi connectivity index (χ2n) is 6.79. The molecule has 31 heavy (non-hydrogen) atoms. The van der Waals surface area contributed by atoms with Crippen LogP contribution >= 0.6 is 11.8 Å². The average Bonchev–Trinajstić information content (AvgIpc) is 3.28. The van der Waals surface area contributed by atoms with Crippen molar-refractivity contribution in [2.45, 2.75) is 24.0 Å². The van der Waals surface area contributed by atoms with Crippen molar-refractivity contribution in [3.05, 3.63) is 90.5 Å². The first-order valence-electron chi connectivity index (χ1n) is 9.80. The molecule has 0 aliphatic rings. The van der Waals surface area contributed by atoms with Crippen LogP contribution in [0.5, 0.6) is 5.75 Å². The van der Waals surface area contributed by atoms with Gasteiger partial charge < -0.3 is 14.5 Å². The highest BCUT2D eigenvalue weighted by atomic mass is 32.2. The van der Waals surface area contributed by atoms with Gasteiger partial charge in [0.05, 0.1) is 5.25 Å². The smallest absolute Gasteiger partial charge is 0.277 e. The summed E-state index contributed by atoms with van der Waals surface area (Å²) in [4.78, 5) is 12.5. The Kier molecular flexibility index (Phi) is 6.64. The minimum absolute atomic E-state index is 0.151. The number of carbonyl (C=O) groups is 1. The summed E-state index contributed by atoms with van der Waals surface area (Å²) in [5, 5.41) is 10.9. The van der Waals surface area contributed by atoms with Crippen LogP contribution in [0.1, 0.15) is 12.5 Å². The lowest BCUT2D eigenvalue weighted by Gasteiger charge is -2.11. The number of ether oxygens (including phenoxy) is 1. The minimum atomic E-state index is -0.405. The highest BCUT2D eigenvalue weighted by molar-refractivity contribution is 8.00. The minimum Gasteiger partial charge on any atom is -0.489 e. The monoisotopic (exact) mass is 431 g/mol. The molecule has 156 valence electrons. The first-order valence-corrected chi connectivity index (χ1v) is 10.7. The third-order valence-electron chi connectivity index (χ3n) is 4.44. The van der Waals surface area contributed by atoms with Crippen LogP contribution in [0.3, 0.4) is 0 Å². The van der Waals surface area contributed by atoms with Gasteiger partial charge in [0.25, 0.3) is 5.22 Å². The zero-order valence-electron chi connectivity index (χ0n) is 16.9. The Morgan fingerprint density at radius 2 is 1.65 bits per heavy atom. The van der Waals surface area contributed by atoms with E-state index in [-0.39, 0.29) is 5.91 Å². The summed E-state index contributed by atoms with van der Waals surface area (Å²) in [6.07, 6.45) is 0. The fourth-order valence-electron chi connectivity index (χ4n) is 2.78. The summed E-state index contributed by atoms with van der Waals surface area (Å²) in [7, 11) is 0. The molecule has 0 radical (unpaired) electrons. The lowest BCUT2D eigenvalue weighted by molar-refractivity contribution is -0.115. The highest BCUT2D eigenvalue weighted by Crippen LogP contribution is 2.27. The first-order chi connectivity index (χ1) is 15.2. The number of amides is 1. The Morgan fingerprint density at radius 1 is 0.968 bits per heavy atom. The molecular formula is C24H21N3O3S. The largest absolute Gasteiger partial charge is 0.489 e. The van der Waals surface area contributed by atoms with Crippen molar-refractivity contribution < 1.29 is 13.9 Å². The third-order valence-corrected chi connectivity index (χ3v) is 5.38. The Hall–Kier alpha value is -3.58. The second-order valence-corrected chi connectivity index (χ2v) is 8.08. The number of benzene rings is 3. The Labute approximate surface area is 184 Å². The predicted molar refractivity (Wildman–Crippen MR) is 121 cm³/mol. The molecule has 0 aliphatic heterocycles. The van der Waals surface area contributed by atoms with Gasteiger partial charge in [-0.2, -0.15) is 0 Å². The van der Waals surface area contributed by atoms with Gasteiger partial charge in [0.1, 0.15) is 12.4 Å². The topological polar surface area (TPSA) is 77.2 Å². The maximum absolute atomic E-state index is 12.5. The molecule has 1 atom stereocenters. The van der Waals surface area contributed by atoms with Crippen molar-refractivity contribution in [2.75, 3.05) is 5.32 Å². The zero-order chi connectivity index (χ0) is 21.5. The van der Waals surface area contributed by atoms with Crippen LogP contribution in [0.2, 0.25) is 0 Å². The Morgan fingerprint density at radius 3 is 2.35 bits per heavy atom. The molecule has 6 nitrogen and oxygen atoms in total. The molecule has 1 aromatic heterocycles. The summed E-state index contributed by atoms with van der Waals surface area (Å²) in [6, 6.07) is 26.8. The molecular weight excluding hydrogens is 410 g/mol. The van der Waals surface area contributed by atoms with Crippen LogP contribution in [-0.2, 0) is 11.4 Å². The van der Waals surface area contributed by atoms with Crippen molar-refractivity contribution in [1.29, 1.82) is 0 Å². The molecule has 1 amide bonds. The van der Waals surface area contributed by atoms with Crippen molar-refractivity contribution in [1.82, 2.24) is 10.2 Å². The Bertz CT molecular complexity index is 1120. The van der Waals surface area contributed by atoms with E-state index < -0.39 is 5.25 Å². The van der Waals surface area contributed by atoms with Crippen LogP contribution in [0, 0.1) is 0 Å². The normalized spacial score (nSPS) is 11.6. The van der Waals surface area contributed by atoms with E-state index in [2.05, 4.69) is 15.5 Å².